The standard InChI is InChI=1S/C16H18O2/c1-3-13-9-12(4-7-16(13)18)10-14-5-6-15(17)8-11(14)2/h4-9,17-18H,3,10H2,1-2H3. The molecule has 2 N–H and O–H groups in total. The second-order valence-electron chi connectivity index (χ2n) is 4.60. The first-order chi connectivity index (χ1) is 8.60. The van der Waals surface area contributed by atoms with Crippen molar-refractivity contribution >= 4 is 0 Å². The molecule has 0 fully saturated rings. The summed E-state index contributed by atoms with van der Waals surface area (Å²) in [6, 6.07) is 11.2. The molecule has 94 valence electrons. The Labute approximate surface area is 108 Å². The van der Waals surface area contributed by atoms with Gasteiger partial charge in [-0.1, -0.05) is 25.1 Å². The molecule has 0 aliphatic carbocycles. The summed E-state index contributed by atoms with van der Waals surface area (Å²) in [5.41, 5.74) is 4.43. The molecular formula is C16H18O2. The Morgan fingerprint density at radius 1 is 0.944 bits per heavy atom. The maximum atomic E-state index is 9.66. The van der Waals surface area contributed by atoms with Gasteiger partial charge in [0.25, 0.3) is 0 Å². The lowest BCUT2D eigenvalue weighted by atomic mass is 9.98. The Morgan fingerprint density at radius 3 is 2.39 bits per heavy atom. The van der Waals surface area contributed by atoms with Crippen molar-refractivity contribution < 1.29 is 10.2 Å². The lowest BCUT2D eigenvalue weighted by Gasteiger charge is -2.09. The van der Waals surface area contributed by atoms with Gasteiger partial charge in [-0.25, -0.2) is 0 Å². The first-order valence-corrected chi connectivity index (χ1v) is 6.19. The summed E-state index contributed by atoms with van der Waals surface area (Å²) in [5.74, 6) is 0.667. The van der Waals surface area contributed by atoms with Gasteiger partial charge in [-0.05, 0) is 60.2 Å². The molecule has 0 spiro atoms. The Hall–Kier alpha value is -1.96. The van der Waals surface area contributed by atoms with Crippen molar-refractivity contribution in [3.8, 4) is 11.5 Å². The Balaban J connectivity index is 2.28. The van der Waals surface area contributed by atoms with Crippen LogP contribution in [0.4, 0.5) is 0 Å². The van der Waals surface area contributed by atoms with E-state index in [1.165, 1.54) is 11.1 Å². The Morgan fingerprint density at radius 2 is 1.72 bits per heavy atom. The van der Waals surface area contributed by atoms with Crippen LogP contribution in [0.1, 0.15) is 29.2 Å². The van der Waals surface area contributed by atoms with Gasteiger partial charge in [-0.15, -0.1) is 0 Å². The highest BCUT2D eigenvalue weighted by atomic mass is 16.3. The van der Waals surface area contributed by atoms with E-state index in [0.29, 0.717) is 11.5 Å². The van der Waals surface area contributed by atoms with E-state index in [2.05, 4.69) is 0 Å². The molecule has 2 heteroatoms. The first-order valence-electron chi connectivity index (χ1n) is 6.19. The molecule has 0 aliphatic rings. The van der Waals surface area contributed by atoms with Crippen molar-refractivity contribution in [2.24, 2.45) is 0 Å². The zero-order chi connectivity index (χ0) is 13.1. The highest BCUT2D eigenvalue weighted by Gasteiger charge is 2.04. The molecule has 2 nitrogen and oxygen atoms in total. The topological polar surface area (TPSA) is 40.5 Å². The van der Waals surface area contributed by atoms with Crippen molar-refractivity contribution in [1.29, 1.82) is 0 Å². The SMILES string of the molecule is CCc1cc(Cc2ccc(O)cc2C)ccc1O. The van der Waals surface area contributed by atoms with Gasteiger partial charge in [0.05, 0.1) is 0 Å². The van der Waals surface area contributed by atoms with Gasteiger partial charge >= 0.3 is 0 Å². The predicted octanol–water partition coefficient (Wildman–Crippen LogP) is 3.56. The van der Waals surface area contributed by atoms with Crippen molar-refractivity contribution in [3.63, 3.8) is 0 Å². The average molecular weight is 242 g/mol. The van der Waals surface area contributed by atoms with Gasteiger partial charge in [0, 0.05) is 0 Å². The van der Waals surface area contributed by atoms with E-state index in [0.717, 1.165) is 24.0 Å². The fourth-order valence-electron chi connectivity index (χ4n) is 2.13. The number of rotatable bonds is 3. The average Bonchev–Trinajstić information content (AvgIpc) is 2.35. The summed E-state index contributed by atoms with van der Waals surface area (Å²) >= 11 is 0. The van der Waals surface area contributed by atoms with E-state index >= 15 is 0 Å². The second kappa shape index (κ2) is 5.13. The van der Waals surface area contributed by atoms with Gasteiger partial charge < -0.3 is 10.2 Å². The smallest absolute Gasteiger partial charge is 0.118 e. The molecule has 0 atom stereocenters. The molecule has 0 aliphatic heterocycles. The van der Waals surface area contributed by atoms with Gasteiger partial charge in [0.2, 0.25) is 0 Å². The molecule has 0 heterocycles. The normalized spacial score (nSPS) is 10.6. The zero-order valence-corrected chi connectivity index (χ0v) is 10.8. The minimum atomic E-state index is 0.302. The van der Waals surface area contributed by atoms with E-state index in [9.17, 15) is 10.2 Å². The number of aromatic hydroxyl groups is 2. The highest BCUT2D eigenvalue weighted by Crippen LogP contribution is 2.23. The Kier molecular flexibility index (Phi) is 3.56. The first kappa shape index (κ1) is 12.5. The molecule has 0 unspecified atom stereocenters. The number of hydrogen-bond donors (Lipinski definition) is 2. The quantitative estimate of drug-likeness (QED) is 0.864. The van der Waals surface area contributed by atoms with Gasteiger partial charge in [0.15, 0.2) is 0 Å². The van der Waals surface area contributed by atoms with Gasteiger partial charge in [-0.3, -0.25) is 0 Å². The highest BCUT2D eigenvalue weighted by molar-refractivity contribution is 5.41. The molecule has 0 saturated heterocycles. The van der Waals surface area contributed by atoms with Crippen LogP contribution in [0.25, 0.3) is 0 Å². The molecule has 0 aromatic heterocycles. The lowest BCUT2D eigenvalue weighted by Crippen LogP contribution is -1.93. The van der Waals surface area contributed by atoms with Crippen LogP contribution >= 0.6 is 0 Å². The van der Waals surface area contributed by atoms with Crippen LogP contribution < -0.4 is 0 Å². The minimum Gasteiger partial charge on any atom is -0.508 e. The number of hydrogen-bond acceptors (Lipinski definition) is 2. The van der Waals surface area contributed by atoms with Crippen molar-refractivity contribution in [2.75, 3.05) is 0 Å². The largest absolute Gasteiger partial charge is 0.508 e. The van der Waals surface area contributed by atoms with Crippen molar-refractivity contribution in [1.82, 2.24) is 0 Å². The van der Waals surface area contributed by atoms with E-state index in [4.69, 9.17) is 0 Å². The summed E-state index contributed by atoms with van der Waals surface area (Å²) in [7, 11) is 0. The fraction of sp³-hybridized carbons (Fsp3) is 0.250. The maximum Gasteiger partial charge on any atom is 0.118 e. The van der Waals surface area contributed by atoms with E-state index < -0.39 is 0 Å². The van der Waals surface area contributed by atoms with Crippen LogP contribution in [0, 0.1) is 6.92 Å². The van der Waals surface area contributed by atoms with Crippen LogP contribution in [0.3, 0.4) is 0 Å². The van der Waals surface area contributed by atoms with Crippen LogP contribution in [-0.4, -0.2) is 10.2 Å². The van der Waals surface area contributed by atoms with Crippen LogP contribution in [0.15, 0.2) is 36.4 Å². The molecule has 2 aromatic rings. The van der Waals surface area contributed by atoms with Crippen LogP contribution in [0.5, 0.6) is 11.5 Å². The maximum absolute atomic E-state index is 9.66. The van der Waals surface area contributed by atoms with E-state index in [1.807, 2.05) is 32.0 Å². The number of phenolic OH excluding ortho intramolecular Hbond substituents is 2. The minimum absolute atomic E-state index is 0.302. The molecule has 0 bridgehead atoms. The third kappa shape index (κ3) is 2.65. The van der Waals surface area contributed by atoms with Crippen LogP contribution in [-0.2, 0) is 12.8 Å². The number of phenols is 2. The molecule has 18 heavy (non-hydrogen) atoms. The summed E-state index contributed by atoms with van der Waals surface area (Å²) < 4.78 is 0. The van der Waals surface area contributed by atoms with Gasteiger partial charge in [0.1, 0.15) is 11.5 Å². The second-order valence-corrected chi connectivity index (χ2v) is 4.60. The number of aryl methyl sites for hydroxylation is 2. The Bertz CT molecular complexity index is 559. The number of benzene rings is 2. The monoisotopic (exact) mass is 242 g/mol. The van der Waals surface area contributed by atoms with E-state index in [-0.39, 0.29) is 0 Å². The predicted molar refractivity (Wildman–Crippen MR) is 73.1 cm³/mol. The molecule has 0 radical (unpaired) electrons. The molecule has 2 rings (SSSR count). The van der Waals surface area contributed by atoms with Crippen molar-refractivity contribution in [2.45, 2.75) is 26.7 Å². The molecule has 0 saturated carbocycles. The summed E-state index contributed by atoms with van der Waals surface area (Å²) in [5, 5.41) is 19.0. The molecule has 0 amide bonds. The molecular weight excluding hydrogens is 224 g/mol. The zero-order valence-electron chi connectivity index (χ0n) is 10.8. The van der Waals surface area contributed by atoms with Gasteiger partial charge in [-0.2, -0.15) is 0 Å². The van der Waals surface area contributed by atoms with Crippen molar-refractivity contribution in [3.05, 3.63) is 58.7 Å². The third-order valence-electron chi connectivity index (χ3n) is 3.25. The van der Waals surface area contributed by atoms with E-state index in [1.54, 1.807) is 18.2 Å². The summed E-state index contributed by atoms with van der Waals surface area (Å²) in [6.45, 7) is 4.03. The van der Waals surface area contributed by atoms with Crippen LogP contribution in [0.2, 0.25) is 0 Å². The summed E-state index contributed by atoms with van der Waals surface area (Å²) in [4.78, 5) is 0. The molecule has 2 aromatic carbocycles. The third-order valence-corrected chi connectivity index (χ3v) is 3.25. The lowest BCUT2D eigenvalue weighted by molar-refractivity contribution is 0.468. The summed E-state index contributed by atoms with van der Waals surface area (Å²) in [6.07, 6.45) is 1.65. The fourth-order valence-corrected chi connectivity index (χ4v) is 2.13.